The first-order valence-electron chi connectivity index (χ1n) is 9.94. The first-order chi connectivity index (χ1) is 13.6. The lowest BCUT2D eigenvalue weighted by Gasteiger charge is -2.30. The van der Waals surface area contributed by atoms with Gasteiger partial charge < -0.3 is 15.2 Å². The number of ether oxygens (including phenoxy) is 1. The van der Waals surface area contributed by atoms with Gasteiger partial charge in [0.2, 0.25) is 15.9 Å². The van der Waals surface area contributed by atoms with E-state index in [0.29, 0.717) is 50.6 Å². The van der Waals surface area contributed by atoms with Crippen LogP contribution in [-0.2, 0) is 14.8 Å². The molecule has 1 heterocycles. The van der Waals surface area contributed by atoms with Crippen LogP contribution in [0.1, 0.15) is 33.6 Å². The van der Waals surface area contributed by atoms with E-state index in [2.05, 4.69) is 5.32 Å². The van der Waals surface area contributed by atoms with Crippen LogP contribution in [0.3, 0.4) is 0 Å². The fraction of sp³-hybridized carbons (Fsp3) is 0.650. The molecule has 1 saturated heterocycles. The van der Waals surface area contributed by atoms with Crippen LogP contribution in [0, 0.1) is 5.92 Å². The van der Waals surface area contributed by atoms with Crippen molar-refractivity contribution in [2.45, 2.75) is 44.1 Å². The summed E-state index contributed by atoms with van der Waals surface area (Å²) in [5, 5.41) is 12.6. The quantitative estimate of drug-likeness (QED) is 0.537. The van der Waals surface area contributed by atoms with Gasteiger partial charge in [-0.3, -0.25) is 4.79 Å². The van der Waals surface area contributed by atoms with Crippen molar-refractivity contribution in [1.29, 1.82) is 0 Å². The molecule has 2 rings (SSSR count). The second-order valence-corrected chi connectivity index (χ2v) is 10.8. The minimum Gasteiger partial charge on any atom is -0.494 e. The number of nitrogens with zero attached hydrogens (tertiary/aromatic N) is 1. The molecule has 1 fully saturated rings. The SMILES string of the molecule is CCOc1ccc(S(=O)(=O)N2CCC(C(=O)NCCSCC(C)(C)O)CC2)cc1. The number of carbonyl (C=O) groups is 1. The maximum atomic E-state index is 12.8. The molecule has 29 heavy (non-hydrogen) atoms. The van der Waals surface area contributed by atoms with Gasteiger partial charge in [-0.2, -0.15) is 16.1 Å². The van der Waals surface area contributed by atoms with Gasteiger partial charge in [-0.1, -0.05) is 0 Å². The van der Waals surface area contributed by atoms with E-state index in [4.69, 9.17) is 4.74 Å². The third-order valence-electron chi connectivity index (χ3n) is 4.60. The van der Waals surface area contributed by atoms with Gasteiger partial charge in [0.15, 0.2) is 0 Å². The molecule has 1 aromatic rings. The molecule has 0 atom stereocenters. The minimum absolute atomic E-state index is 0.0213. The van der Waals surface area contributed by atoms with Crippen LogP contribution >= 0.6 is 11.8 Å². The number of benzene rings is 1. The summed E-state index contributed by atoms with van der Waals surface area (Å²) in [6.07, 6.45) is 1.03. The van der Waals surface area contributed by atoms with Crippen LogP contribution in [0.4, 0.5) is 0 Å². The van der Waals surface area contributed by atoms with E-state index in [1.807, 2.05) is 6.92 Å². The lowest BCUT2D eigenvalue weighted by molar-refractivity contribution is -0.125. The molecule has 0 aromatic heterocycles. The van der Waals surface area contributed by atoms with Crippen LogP contribution < -0.4 is 10.1 Å². The lowest BCUT2D eigenvalue weighted by Crippen LogP contribution is -2.43. The first-order valence-corrected chi connectivity index (χ1v) is 12.5. The molecule has 1 aliphatic rings. The molecule has 1 aromatic carbocycles. The molecule has 1 amide bonds. The van der Waals surface area contributed by atoms with Gasteiger partial charge in [0, 0.05) is 37.1 Å². The predicted molar refractivity (Wildman–Crippen MR) is 116 cm³/mol. The van der Waals surface area contributed by atoms with E-state index in [0.717, 1.165) is 5.75 Å². The molecule has 1 aliphatic heterocycles. The molecule has 0 radical (unpaired) electrons. The molecule has 7 nitrogen and oxygen atoms in total. The van der Waals surface area contributed by atoms with Gasteiger partial charge in [0.25, 0.3) is 0 Å². The molecule has 2 N–H and O–H groups in total. The fourth-order valence-corrected chi connectivity index (χ4v) is 5.45. The Morgan fingerprint density at radius 3 is 2.45 bits per heavy atom. The van der Waals surface area contributed by atoms with Crippen LogP contribution in [0.25, 0.3) is 0 Å². The van der Waals surface area contributed by atoms with Crippen LogP contribution in [0.2, 0.25) is 0 Å². The Labute approximate surface area is 178 Å². The molecular weight excluding hydrogens is 412 g/mol. The van der Waals surface area contributed by atoms with Gasteiger partial charge >= 0.3 is 0 Å². The van der Waals surface area contributed by atoms with E-state index in [1.165, 1.54) is 4.31 Å². The maximum absolute atomic E-state index is 12.8. The second-order valence-electron chi connectivity index (χ2n) is 7.74. The highest BCUT2D eigenvalue weighted by molar-refractivity contribution is 7.99. The number of hydrogen-bond acceptors (Lipinski definition) is 6. The number of rotatable bonds is 10. The van der Waals surface area contributed by atoms with Gasteiger partial charge in [-0.15, -0.1) is 0 Å². The maximum Gasteiger partial charge on any atom is 0.243 e. The molecule has 0 spiro atoms. The van der Waals surface area contributed by atoms with Crippen LogP contribution in [0.5, 0.6) is 5.75 Å². The third-order valence-corrected chi connectivity index (χ3v) is 7.91. The van der Waals surface area contributed by atoms with Crippen molar-refractivity contribution in [3.05, 3.63) is 24.3 Å². The van der Waals surface area contributed by atoms with Gasteiger partial charge in [-0.05, 0) is 57.9 Å². The summed E-state index contributed by atoms with van der Waals surface area (Å²) in [5.74, 6) is 1.81. The number of aliphatic hydroxyl groups is 1. The van der Waals surface area contributed by atoms with Gasteiger partial charge in [0.1, 0.15) is 5.75 Å². The average Bonchev–Trinajstić information content (AvgIpc) is 2.67. The van der Waals surface area contributed by atoms with Crippen molar-refractivity contribution in [3.63, 3.8) is 0 Å². The molecule has 0 unspecified atom stereocenters. The zero-order chi connectivity index (χ0) is 21.5. The van der Waals surface area contributed by atoms with E-state index in [9.17, 15) is 18.3 Å². The van der Waals surface area contributed by atoms with Crippen LogP contribution in [0.15, 0.2) is 29.2 Å². The monoisotopic (exact) mass is 444 g/mol. The Hall–Kier alpha value is -1.29. The van der Waals surface area contributed by atoms with Gasteiger partial charge in [-0.25, -0.2) is 8.42 Å². The first kappa shape index (κ1) is 24.0. The predicted octanol–water partition coefficient (Wildman–Crippen LogP) is 2.11. The number of carbonyl (C=O) groups excluding carboxylic acids is 1. The summed E-state index contributed by atoms with van der Waals surface area (Å²) >= 11 is 1.59. The zero-order valence-electron chi connectivity index (χ0n) is 17.4. The van der Waals surface area contributed by atoms with Crippen molar-refractivity contribution >= 4 is 27.7 Å². The topological polar surface area (TPSA) is 95.9 Å². The van der Waals surface area contributed by atoms with Crippen molar-refractivity contribution in [1.82, 2.24) is 9.62 Å². The smallest absolute Gasteiger partial charge is 0.243 e. The molecular formula is C20H32N2O5S2. The molecule has 0 bridgehead atoms. The van der Waals surface area contributed by atoms with Gasteiger partial charge in [0.05, 0.1) is 17.1 Å². The summed E-state index contributed by atoms with van der Waals surface area (Å²) in [4.78, 5) is 12.6. The largest absolute Gasteiger partial charge is 0.494 e. The van der Waals surface area contributed by atoms with Crippen molar-refractivity contribution in [2.24, 2.45) is 5.92 Å². The zero-order valence-corrected chi connectivity index (χ0v) is 19.0. The molecule has 0 saturated carbocycles. The van der Waals surface area contributed by atoms with E-state index < -0.39 is 15.6 Å². The number of amides is 1. The Morgan fingerprint density at radius 2 is 1.90 bits per heavy atom. The summed E-state index contributed by atoms with van der Waals surface area (Å²) in [5.41, 5.74) is -0.712. The average molecular weight is 445 g/mol. The van der Waals surface area contributed by atoms with E-state index >= 15 is 0 Å². The Morgan fingerprint density at radius 1 is 1.28 bits per heavy atom. The summed E-state index contributed by atoms with van der Waals surface area (Å²) in [6.45, 7) is 7.13. The Balaban J connectivity index is 1.79. The minimum atomic E-state index is -3.56. The second kappa shape index (κ2) is 10.7. The standard InChI is InChI=1S/C20H32N2O5S2/c1-4-27-17-5-7-18(8-6-17)29(25,26)22-12-9-16(10-13-22)19(23)21-11-14-28-15-20(2,3)24/h5-8,16,24H,4,9-15H2,1-3H3,(H,21,23). The Kier molecular flexibility index (Phi) is 8.81. The lowest BCUT2D eigenvalue weighted by atomic mass is 9.97. The number of piperidine rings is 1. The van der Waals surface area contributed by atoms with Crippen molar-refractivity contribution in [2.75, 3.05) is 37.7 Å². The third kappa shape index (κ3) is 7.47. The highest BCUT2D eigenvalue weighted by atomic mass is 32.2. The molecule has 9 heteroatoms. The van der Waals surface area contributed by atoms with Crippen LogP contribution in [-0.4, -0.2) is 67.1 Å². The van der Waals surface area contributed by atoms with E-state index in [1.54, 1.807) is 49.9 Å². The summed E-state index contributed by atoms with van der Waals surface area (Å²) in [7, 11) is -3.56. The van der Waals surface area contributed by atoms with Crippen molar-refractivity contribution < 1.29 is 23.1 Å². The highest BCUT2D eigenvalue weighted by Crippen LogP contribution is 2.25. The number of sulfonamides is 1. The number of hydrogen-bond donors (Lipinski definition) is 2. The van der Waals surface area contributed by atoms with E-state index in [-0.39, 0.29) is 16.7 Å². The highest BCUT2D eigenvalue weighted by Gasteiger charge is 2.32. The number of thioether (sulfide) groups is 1. The summed E-state index contributed by atoms with van der Waals surface area (Å²) < 4.78 is 32.4. The summed E-state index contributed by atoms with van der Waals surface area (Å²) in [6, 6.07) is 6.44. The number of nitrogens with one attached hydrogen (secondary N) is 1. The normalized spacial score (nSPS) is 16.6. The molecule has 0 aliphatic carbocycles. The molecule has 164 valence electrons. The fourth-order valence-electron chi connectivity index (χ4n) is 3.09. The Bertz CT molecular complexity index is 752. The van der Waals surface area contributed by atoms with Crippen molar-refractivity contribution in [3.8, 4) is 5.75 Å².